The molecule has 6 heteroatoms. The maximum atomic E-state index is 12.6. The molecule has 22 heavy (non-hydrogen) atoms. The summed E-state index contributed by atoms with van der Waals surface area (Å²) in [6.45, 7) is 1.26. The quantitative estimate of drug-likeness (QED) is 0.906. The lowest BCUT2D eigenvalue weighted by molar-refractivity contribution is -0.147. The van der Waals surface area contributed by atoms with E-state index in [4.69, 9.17) is 21.4 Å². The van der Waals surface area contributed by atoms with E-state index >= 15 is 0 Å². The molecule has 0 aliphatic carbocycles. The fourth-order valence-corrected chi connectivity index (χ4v) is 3.35. The van der Waals surface area contributed by atoms with Gasteiger partial charge in [-0.05, 0) is 43.0 Å². The van der Waals surface area contributed by atoms with Gasteiger partial charge in [-0.25, -0.2) is 0 Å². The van der Waals surface area contributed by atoms with E-state index in [2.05, 4.69) is 0 Å². The Morgan fingerprint density at radius 1 is 1.32 bits per heavy atom. The van der Waals surface area contributed by atoms with Gasteiger partial charge in [-0.3, -0.25) is 9.59 Å². The van der Waals surface area contributed by atoms with Crippen molar-refractivity contribution in [2.75, 3.05) is 19.7 Å². The molecule has 0 saturated carbocycles. The van der Waals surface area contributed by atoms with E-state index in [9.17, 15) is 9.59 Å². The molecule has 2 aliphatic heterocycles. The number of piperidine rings is 1. The summed E-state index contributed by atoms with van der Waals surface area (Å²) in [4.78, 5) is 25.4. The number of fused-ring (bicyclic) bond motifs is 1. The topological polar surface area (TPSA) is 66.8 Å². The van der Waals surface area contributed by atoms with Crippen LogP contribution in [0.25, 0.3) is 0 Å². The lowest BCUT2D eigenvalue weighted by atomic mass is 9.93. The molecule has 0 bridgehead atoms. The second-order valence-electron chi connectivity index (χ2n) is 5.93. The maximum absolute atomic E-state index is 12.6. The van der Waals surface area contributed by atoms with Crippen LogP contribution >= 0.6 is 11.6 Å². The number of aliphatic carboxylic acids is 1. The van der Waals surface area contributed by atoms with E-state index in [1.807, 2.05) is 12.1 Å². The van der Waals surface area contributed by atoms with E-state index in [1.165, 1.54) is 0 Å². The largest absolute Gasteiger partial charge is 0.492 e. The molecule has 1 aromatic rings. The van der Waals surface area contributed by atoms with Crippen molar-refractivity contribution >= 4 is 23.5 Å². The van der Waals surface area contributed by atoms with E-state index in [-0.39, 0.29) is 11.8 Å². The average Bonchev–Trinajstić information content (AvgIpc) is 2.53. The molecule has 1 N–H and O–H groups in total. The highest BCUT2D eigenvalue weighted by Gasteiger charge is 2.34. The van der Waals surface area contributed by atoms with Crippen molar-refractivity contribution in [2.45, 2.75) is 19.3 Å². The van der Waals surface area contributed by atoms with Gasteiger partial charge in [0.1, 0.15) is 12.4 Å². The molecule has 2 aliphatic rings. The first kappa shape index (κ1) is 15.2. The van der Waals surface area contributed by atoms with Gasteiger partial charge in [0.15, 0.2) is 0 Å². The molecule has 2 unspecified atom stereocenters. The predicted octanol–water partition coefficient (Wildman–Crippen LogP) is 2.21. The number of carboxylic acid groups (broad SMARTS) is 1. The number of ether oxygens (including phenoxy) is 1. The summed E-state index contributed by atoms with van der Waals surface area (Å²) in [6.07, 6.45) is 1.96. The van der Waals surface area contributed by atoms with Crippen molar-refractivity contribution in [3.05, 3.63) is 28.8 Å². The Labute approximate surface area is 133 Å². The third kappa shape index (κ3) is 3.04. The van der Waals surface area contributed by atoms with Crippen LogP contribution < -0.4 is 4.74 Å². The Hall–Kier alpha value is -1.75. The fraction of sp³-hybridized carbons (Fsp3) is 0.500. The second-order valence-corrected chi connectivity index (χ2v) is 6.36. The number of amides is 1. The van der Waals surface area contributed by atoms with Crippen LogP contribution in [0.2, 0.25) is 5.02 Å². The van der Waals surface area contributed by atoms with Gasteiger partial charge in [0.25, 0.3) is 0 Å². The first-order chi connectivity index (χ1) is 10.5. The van der Waals surface area contributed by atoms with Crippen molar-refractivity contribution in [1.29, 1.82) is 0 Å². The van der Waals surface area contributed by atoms with Crippen LogP contribution in [0.3, 0.4) is 0 Å². The summed E-state index contributed by atoms with van der Waals surface area (Å²) in [5.74, 6) is -0.788. The number of nitrogens with zero attached hydrogens (tertiary/aromatic N) is 1. The Kier molecular flexibility index (Phi) is 4.25. The molecule has 118 valence electrons. The number of carboxylic acids is 1. The summed E-state index contributed by atoms with van der Waals surface area (Å²) < 4.78 is 5.65. The minimum atomic E-state index is -0.825. The standard InChI is InChI=1S/C16H18ClNO4/c17-13-3-4-14-11(7-13)6-12(9-22-14)15(19)18-5-1-2-10(8-18)16(20)21/h3-4,7,10,12H,1-2,5-6,8-9H2,(H,20,21). The molecular formula is C16H18ClNO4. The molecule has 0 spiro atoms. The third-order valence-corrected chi connectivity index (χ3v) is 4.60. The van der Waals surface area contributed by atoms with Crippen LogP contribution in [-0.4, -0.2) is 41.6 Å². The van der Waals surface area contributed by atoms with Gasteiger partial charge >= 0.3 is 5.97 Å². The number of halogens is 1. The fourth-order valence-electron chi connectivity index (χ4n) is 3.16. The first-order valence-electron chi connectivity index (χ1n) is 7.47. The predicted molar refractivity (Wildman–Crippen MR) is 81.1 cm³/mol. The van der Waals surface area contributed by atoms with Gasteiger partial charge in [0, 0.05) is 18.1 Å². The SMILES string of the molecule is O=C(O)C1CCCN(C(=O)C2COc3ccc(Cl)cc3C2)C1. The first-order valence-corrected chi connectivity index (χ1v) is 7.85. The molecule has 2 heterocycles. The number of carbonyl (C=O) groups excluding carboxylic acids is 1. The number of hydrogen-bond donors (Lipinski definition) is 1. The summed E-state index contributed by atoms with van der Waals surface area (Å²) >= 11 is 5.99. The average molecular weight is 324 g/mol. The molecule has 5 nitrogen and oxygen atoms in total. The van der Waals surface area contributed by atoms with Crippen molar-refractivity contribution in [3.63, 3.8) is 0 Å². The Morgan fingerprint density at radius 2 is 2.14 bits per heavy atom. The van der Waals surface area contributed by atoms with Gasteiger partial charge in [-0.1, -0.05) is 11.6 Å². The molecular weight excluding hydrogens is 306 g/mol. The van der Waals surface area contributed by atoms with Crippen LogP contribution in [0.5, 0.6) is 5.75 Å². The van der Waals surface area contributed by atoms with Crippen molar-refractivity contribution in [3.8, 4) is 5.75 Å². The van der Waals surface area contributed by atoms with Crippen LogP contribution in [-0.2, 0) is 16.0 Å². The smallest absolute Gasteiger partial charge is 0.308 e. The van der Waals surface area contributed by atoms with Crippen LogP contribution in [0.1, 0.15) is 18.4 Å². The number of rotatable bonds is 2. The molecule has 1 fully saturated rings. The summed E-state index contributed by atoms with van der Waals surface area (Å²) in [7, 11) is 0. The zero-order valence-electron chi connectivity index (χ0n) is 12.1. The molecule has 3 rings (SSSR count). The highest BCUT2D eigenvalue weighted by Crippen LogP contribution is 2.31. The Balaban J connectivity index is 1.69. The molecule has 1 saturated heterocycles. The molecule has 1 amide bonds. The van der Waals surface area contributed by atoms with Crippen molar-refractivity contribution in [1.82, 2.24) is 4.90 Å². The number of hydrogen-bond acceptors (Lipinski definition) is 3. The summed E-state index contributed by atoms with van der Waals surface area (Å²) in [5, 5.41) is 9.76. The van der Waals surface area contributed by atoms with E-state index in [1.54, 1.807) is 11.0 Å². The van der Waals surface area contributed by atoms with Crippen molar-refractivity contribution in [2.24, 2.45) is 11.8 Å². The van der Waals surface area contributed by atoms with E-state index in [0.29, 0.717) is 37.6 Å². The highest BCUT2D eigenvalue weighted by atomic mass is 35.5. The number of carbonyl (C=O) groups is 2. The van der Waals surface area contributed by atoms with E-state index < -0.39 is 11.9 Å². The van der Waals surface area contributed by atoms with Gasteiger partial charge < -0.3 is 14.7 Å². The van der Waals surface area contributed by atoms with Gasteiger partial charge in [0.05, 0.1) is 11.8 Å². The Morgan fingerprint density at radius 3 is 2.91 bits per heavy atom. The number of likely N-dealkylation sites (tertiary alicyclic amines) is 1. The van der Waals surface area contributed by atoms with Gasteiger partial charge in [-0.15, -0.1) is 0 Å². The summed E-state index contributed by atoms with van der Waals surface area (Å²) in [6, 6.07) is 5.41. The van der Waals surface area contributed by atoms with E-state index in [0.717, 1.165) is 17.7 Å². The molecule has 0 aromatic heterocycles. The second kappa shape index (κ2) is 6.16. The minimum absolute atomic E-state index is 0.0171. The highest BCUT2D eigenvalue weighted by molar-refractivity contribution is 6.30. The van der Waals surface area contributed by atoms with Gasteiger partial charge in [0.2, 0.25) is 5.91 Å². The zero-order valence-corrected chi connectivity index (χ0v) is 12.9. The summed E-state index contributed by atoms with van der Waals surface area (Å²) in [5.41, 5.74) is 0.934. The Bertz CT molecular complexity index is 604. The lowest BCUT2D eigenvalue weighted by Crippen LogP contribution is -2.47. The number of benzene rings is 1. The minimum Gasteiger partial charge on any atom is -0.492 e. The maximum Gasteiger partial charge on any atom is 0.308 e. The normalized spacial score (nSPS) is 24.3. The third-order valence-electron chi connectivity index (χ3n) is 4.36. The van der Waals surface area contributed by atoms with Crippen molar-refractivity contribution < 1.29 is 19.4 Å². The van der Waals surface area contributed by atoms with Crippen LogP contribution in [0, 0.1) is 11.8 Å². The monoisotopic (exact) mass is 323 g/mol. The lowest BCUT2D eigenvalue weighted by Gasteiger charge is -2.34. The molecule has 2 atom stereocenters. The van der Waals surface area contributed by atoms with Crippen LogP contribution in [0.15, 0.2) is 18.2 Å². The zero-order chi connectivity index (χ0) is 15.7. The van der Waals surface area contributed by atoms with Crippen LogP contribution in [0.4, 0.5) is 0 Å². The molecule has 1 aromatic carbocycles. The molecule has 0 radical (unpaired) electrons. The van der Waals surface area contributed by atoms with Gasteiger partial charge in [-0.2, -0.15) is 0 Å².